The van der Waals surface area contributed by atoms with Crippen molar-refractivity contribution in [2.75, 3.05) is 11.9 Å². The van der Waals surface area contributed by atoms with E-state index in [1.54, 1.807) is 12.1 Å². The molecule has 3 aromatic rings. The number of aromatic amines is 1. The number of thiocarbonyl (C=S) groups is 1. The van der Waals surface area contributed by atoms with Crippen LogP contribution in [-0.4, -0.2) is 16.6 Å². The first-order valence-corrected chi connectivity index (χ1v) is 9.86. The fraction of sp³-hybridized carbons (Fsp3) is 0.318. The maximum absolute atomic E-state index is 13.6. The highest BCUT2D eigenvalue weighted by molar-refractivity contribution is 7.80. The van der Waals surface area contributed by atoms with Crippen LogP contribution in [0.15, 0.2) is 36.4 Å². The summed E-state index contributed by atoms with van der Waals surface area (Å²) in [7, 11) is 0. The van der Waals surface area contributed by atoms with Gasteiger partial charge in [0, 0.05) is 28.8 Å². The number of aromatic nitrogens is 1. The molecular formula is C22H26FN3S. The lowest BCUT2D eigenvalue weighted by molar-refractivity contribution is 0.629. The van der Waals surface area contributed by atoms with Gasteiger partial charge in [-0.1, -0.05) is 32.0 Å². The number of rotatable bonds is 6. The monoisotopic (exact) mass is 383 g/mol. The Hall–Kier alpha value is -2.40. The number of para-hydroxylation sites is 1. The van der Waals surface area contributed by atoms with Crippen molar-refractivity contribution in [3.8, 4) is 0 Å². The topological polar surface area (TPSA) is 39.8 Å². The third kappa shape index (κ3) is 4.30. The third-order valence-corrected chi connectivity index (χ3v) is 5.23. The first-order chi connectivity index (χ1) is 13.0. The maximum atomic E-state index is 13.6. The Kier molecular flexibility index (Phi) is 6.11. The van der Waals surface area contributed by atoms with Crippen molar-refractivity contribution in [1.29, 1.82) is 0 Å². The van der Waals surface area contributed by atoms with E-state index in [2.05, 4.69) is 47.7 Å². The van der Waals surface area contributed by atoms with Crippen LogP contribution < -0.4 is 10.6 Å². The Bertz CT molecular complexity index is 939. The molecule has 0 bridgehead atoms. The third-order valence-electron chi connectivity index (χ3n) is 4.98. The first-order valence-electron chi connectivity index (χ1n) is 9.45. The van der Waals surface area contributed by atoms with E-state index >= 15 is 0 Å². The molecule has 142 valence electrons. The van der Waals surface area contributed by atoms with Gasteiger partial charge in [0.05, 0.1) is 0 Å². The van der Waals surface area contributed by atoms with Crippen LogP contribution in [0.1, 0.15) is 36.2 Å². The summed E-state index contributed by atoms with van der Waals surface area (Å²) >= 11 is 5.51. The fourth-order valence-corrected chi connectivity index (χ4v) is 3.74. The molecule has 3 nitrogen and oxygen atoms in total. The minimum absolute atomic E-state index is 0.212. The van der Waals surface area contributed by atoms with Crippen molar-refractivity contribution in [2.24, 2.45) is 0 Å². The molecule has 0 aliphatic heterocycles. The van der Waals surface area contributed by atoms with Gasteiger partial charge in [0.1, 0.15) is 5.82 Å². The summed E-state index contributed by atoms with van der Waals surface area (Å²) in [5, 5.41) is 8.23. The molecule has 5 heteroatoms. The summed E-state index contributed by atoms with van der Waals surface area (Å²) in [6.07, 6.45) is 2.69. The fourth-order valence-electron chi connectivity index (χ4n) is 3.54. The van der Waals surface area contributed by atoms with E-state index in [4.69, 9.17) is 12.2 Å². The predicted octanol–water partition coefficient (Wildman–Crippen LogP) is 5.27. The summed E-state index contributed by atoms with van der Waals surface area (Å²) in [5.74, 6) is -0.212. The molecule has 0 fully saturated rings. The molecule has 2 aromatic carbocycles. The number of benzene rings is 2. The standard InChI is InChI=1S/C22H26FN3S/c1-4-15-7-6-8-16(5-2)21(15)26-22(27)24-12-11-18-14(3)25-20-10-9-17(23)13-19(18)20/h6-10,13,25H,4-5,11-12H2,1-3H3,(H2,24,26,27). The first kappa shape index (κ1) is 19.4. The summed E-state index contributed by atoms with van der Waals surface area (Å²) in [6, 6.07) is 11.2. The Morgan fingerprint density at radius 2 is 1.81 bits per heavy atom. The molecule has 0 amide bonds. The van der Waals surface area contributed by atoms with E-state index in [1.807, 2.05) is 6.92 Å². The second kappa shape index (κ2) is 8.53. The van der Waals surface area contributed by atoms with Gasteiger partial charge in [-0.05, 0) is 73.3 Å². The van der Waals surface area contributed by atoms with E-state index in [-0.39, 0.29) is 5.82 Å². The number of nitrogens with one attached hydrogen (secondary N) is 3. The molecule has 1 heterocycles. The van der Waals surface area contributed by atoms with Crippen molar-refractivity contribution < 1.29 is 4.39 Å². The van der Waals surface area contributed by atoms with Gasteiger partial charge in [-0.15, -0.1) is 0 Å². The molecule has 0 atom stereocenters. The summed E-state index contributed by atoms with van der Waals surface area (Å²) in [4.78, 5) is 3.32. The van der Waals surface area contributed by atoms with E-state index in [0.29, 0.717) is 11.7 Å². The van der Waals surface area contributed by atoms with Crippen molar-refractivity contribution >= 4 is 33.9 Å². The lowest BCUT2D eigenvalue weighted by Gasteiger charge is -2.17. The van der Waals surface area contributed by atoms with Gasteiger partial charge in [-0.25, -0.2) is 4.39 Å². The number of anilines is 1. The van der Waals surface area contributed by atoms with E-state index in [1.165, 1.54) is 17.2 Å². The molecule has 0 saturated carbocycles. The molecule has 27 heavy (non-hydrogen) atoms. The number of halogens is 1. The normalized spacial score (nSPS) is 11.0. The summed E-state index contributed by atoms with van der Waals surface area (Å²) in [6.45, 7) is 7.01. The highest BCUT2D eigenvalue weighted by Gasteiger charge is 2.11. The Morgan fingerprint density at radius 1 is 1.11 bits per heavy atom. The van der Waals surface area contributed by atoms with Gasteiger partial charge in [0.2, 0.25) is 0 Å². The van der Waals surface area contributed by atoms with Crippen LogP contribution in [0.3, 0.4) is 0 Å². The molecule has 3 rings (SSSR count). The second-order valence-electron chi connectivity index (χ2n) is 6.71. The summed E-state index contributed by atoms with van der Waals surface area (Å²) < 4.78 is 13.6. The largest absolute Gasteiger partial charge is 0.362 e. The quantitative estimate of drug-likeness (QED) is 0.508. The van der Waals surface area contributed by atoms with Gasteiger partial charge in [-0.3, -0.25) is 0 Å². The lowest BCUT2D eigenvalue weighted by atomic mass is 10.0. The molecule has 3 N–H and O–H groups in total. The van der Waals surface area contributed by atoms with E-state index in [0.717, 1.165) is 47.1 Å². The van der Waals surface area contributed by atoms with Crippen LogP contribution in [0.25, 0.3) is 10.9 Å². The maximum Gasteiger partial charge on any atom is 0.170 e. The van der Waals surface area contributed by atoms with Gasteiger partial charge in [0.15, 0.2) is 5.11 Å². The van der Waals surface area contributed by atoms with Crippen molar-refractivity contribution in [3.05, 3.63) is 64.6 Å². The zero-order valence-electron chi connectivity index (χ0n) is 16.1. The number of hydrogen-bond acceptors (Lipinski definition) is 1. The minimum Gasteiger partial charge on any atom is -0.362 e. The van der Waals surface area contributed by atoms with Crippen LogP contribution in [0.5, 0.6) is 0 Å². The van der Waals surface area contributed by atoms with E-state index < -0.39 is 0 Å². The van der Waals surface area contributed by atoms with Gasteiger partial charge in [0.25, 0.3) is 0 Å². The van der Waals surface area contributed by atoms with Gasteiger partial charge < -0.3 is 15.6 Å². The number of hydrogen-bond donors (Lipinski definition) is 3. The predicted molar refractivity (Wildman–Crippen MR) is 116 cm³/mol. The zero-order valence-corrected chi connectivity index (χ0v) is 16.9. The highest BCUT2D eigenvalue weighted by Crippen LogP contribution is 2.24. The Morgan fingerprint density at radius 3 is 2.48 bits per heavy atom. The molecular weight excluding hydrogens is 357 g/mol. The average Bonchev–Trinajstić information content (AvgIpc) is 2.96. The van der Waals surface area contributed by atoms with Gasteiger partial charge >= 0.3 is 0 Å². The summed E-state index contributed by atoms with van der Waals surface area (Å²) in [5.41, 5.74) is 6.81. The van der Waals surface area contributed by atoms with Crippen molar-refractivity contribution in [1.82, 2.24) is 10.3 Å². The Balaban J connectivity index is 1.66. The van der Waals surface area contributed by atoms with Crippen LogP contribution >= 0.6 is 12.2 Å². The van der Waals surface area contributed by atoms with Crippen LogP contribution in [-0.2, 0) is 19.3 Å². The second-order valence-corrected chi connectivity index (χ2v) is 7.12. The molecule has 0 saturated heterocycles. The Labute approximate surface area is 165 Å². The molecule has 0 radical (unpaired) electrons. The lowest BCUT2D eigenvalue weighted by Crippen LogP contribution is -2.31. The van der Waals surface area contributed by atoms with Crippen molar-refractivity contribution in [2.45, 2.75) is 40.0 Å². The number of fused-ring (bicyclic) bond motifs is 1. The van der Waals surface area contributed by atoms with Crippen molar-refractivity contribution in [3.63, 3.8) is 0 Å². The van der Waals surface area contributed by atoms with Crippen LogP contribution in [0.4, 0.5) is 10.1 Å². The zero-order chi connectivity index (χ0) is 19.4. The van der Waals surface area contributed by atoms with Crippen LogP contribution in [0.2, 0.25) is 0 Å². The van der Waals surface area contributed by atoms with Gasteiger partial charge in [-0.2, -0.15) is 0 Å². The van der Waals surface area contributed by atoms with E-state index in [9.17, 15) is 4.39 Å². The molecule has 0 aliphatic rings. The molecule has 0 aliphatic carbocycles. The average molecular weight is 384 g/mol. The number of aryl methyl sites for hydroxylation is 3. The minimum atomic E-state index is -0.212. The molecule has 1 aromatic heterocycles. The molecule has 0 unspecified atom stereocenters. The SMILES string of the molecule is CCc1cccc(CC)c1NC(=S)NCCc1c(C)[nH]c2ccc(F)cc12. The van der Waals surface area contributed by atoms with Crippen LogP contribution in [0, 0.1) is 12.7 Å². The molecule has 0 spiro atoms. The smallest absolute Gasteiger partial charge is 0.170 e. The number of H-pyrrole nitrogens is 1. The highest BCUT2D eigenvalue weighted by atomic mass is 32.1.